The molecule has 9 atom stereocenters. The minimum absolute atomic E-state index is 0.140. The number of ether oxygens (including phenoxy) is 1. The van der Waals surface area contributed by atoms with Gasteiger partial charge in [-0.2, -0.15) is 0 Å². The van der Waals surface area contributed by atoms with Gasteiger partial charge in [-0.15, -0.1) is 0 Å². The Morgan fingerprint density at radius 1 is 0.932 bits per heavy atom. The fraction of sp³-hybridized carbons (Fsp3) is 0.718. The summed E-state index contributed by atoms with van der Waals surface area (Å²) >= 11 is 0. The number of carbonyl (C=O) groups is 1. The molecule has 1 aromatic rings. The van der Waals surface area contributed by atoms with Crippen LogP contribution in [0.1, 0.15) is 125 Å². The van der Waals surface area contributed by atoms with Gasteiger partial charge in [-0.3, -0.25) is 0 Å². The van der Waals surface area contributed by atoms with E-state index in [-0.39, 0.29) is 45.2 Å². The average molecular weight is 607 g/mol. The number of aromatic hydroxyl groups is 2. The number of esters is 1. The third-order valence-corrected chi connectivity index (χ3v) is 14.0. The Balaban J connectivity index is 1.31. The maximum Gasteiger partial charge on any atom is 0.331 e. The van der Waals surface area contributed by atoms with E-state index in [1.54, 1.807) is 12.1 Å². The zero-order valence-corrected chi connectivity index (χ0v) is 28.6. The second-order valence-electron chi connectivity index (χ2n) is 16.9. The highest BCUT2D eigenvalue weighted by Crippen LogP contribution is 2.76. The van der Waals surface area contributed by atoms with Gasteiger partial charge in [-0.25, -0.2) is 4.79 Å². The first-order valence-corrected chi connectivity index (χ1v) is 17.2. The molecule has 0 saturated heterocycles. The Morgan fingerprint density at radius 3 is 2.32 bits per heavy atom. The van der Waals surface area contributed by atoms with Crippen molar-refractivity contribution in [2.75, 3.05) is 0 Å². The standard InChI is InChI=1S/C39H58O5/c1-25(2)10-9-20-39(8,43)28-17-22-37(6)27(28)13-15-32-36(5)21-19-33(35(3,4)31(36)18-23-38(32,37)7)44-34(42)16-12-26-11-14-29(40)30(41)24-26/h10-12,14,16,24,27-28,31-33,40-41,43H,9,13,15,17-23H2,1-8H3/t27-,28?,31?,32-,33+,36+,37-,38-,39+/m1/s1. The largest absolute Gasteiger partial charge is 0.504 e. The molecule has 244 valence electrons. The fourth-order valence-electron chi connectivity index (χ4n) is 11.5. The lowest BCUT2D eigenvalue weighted by molar-refractivity contribution is -0.229. The average Bonchev–Trinajstić information content (AvgIpc) is 3.30. The lowest BCUT2D eigenvalue weighted by Crippen LogP contribution is -2.64. The number of phenols is 2. The van der Waals surface area contributed by atoms with Crippen LogP contribution in [0.3, 0.4) is 0 Å². The summed E-state index contributed by atoms with van der Waals surface area (Å²) < 4.78 is 6.16. The molecular weight excluding hydrogens is 548 g/mol. The molecule has 0 spiro atoms. The van der Waals surface area contributed by atoms with Crippen LogP contribution in [-0.2, 0) is 9.53 Å². The van der Waals surface area contributed by atoms with E-state index >= 15 is 0 Å². The van der Waals surface area contributed by atoms with Crippen LogP contribution in [0.15, 0.2) is 35.9 Å². The van der Waals surface area contributed by atoms with Crippen LogP contribution in [0.2, 0.25) is 0 Å². The van der Waals surface area contributed by atoms with Gasteiger partial charge in [0.2, 0.25) is 0 Å². The molecule has 4 aliphatic rings. The summed E-state index contributed by atoms with van der Waals surface area (Å²) in [5.74, 6) is 1.28. The fourth-order valence-corrected chi connectivity index (χ4v) is 11.5. The summed E-state index contributed by atoms with van der Waals surface area (Å²) in [5.41, 5.74) is 1.86. The normalized spacial score (nSPS) is 39.1. The van der Waals surface area contributed by atoms with Gasteiger partial charge in [0.15, 0.2) is 11.5 Å². The van der Waals surface area contributed by atoms with Gasteiger partial charge >= 0.3 is 5.97 Å². The van der Waals surface area contributed by atoms with Crippen molar-refractivity contribution in [3.63, 3.8) is 0 Å². The maximum absolute atomic E-state index is 13.0. The number of hydrogen-bond donors (Lipinski definition) is 3. The second-order valence-corrected chi connectivity index (χ2v) is 16.9. The zero-order chi connectivity index (χ0) is 32.3. The number of carbonyl (C=O) groups excluding carboxylic acids is 1. The molecule has 0 aliphatic heterocycles. The molecule has 5 rings (SSSR count). The molecule has 4 fully saturated rings. The van der Waals surface area contributed by atoms with Gasteiger partial charge in [-0.1, -0.05) is 52.3 Å². The molecule has 4 saturated carbocycles. The van der Waals surface area contributed by atoms with Crippen molar-refractivity contribution >= 4 is 12.0 Å². The number of benzene rings is 1. The van der Waals surface area contributed by atoms with Crippen molar-refractivity contribution < 1.29 is 24.9 Å². The number of rotatable bonds is 7. The van der Waals surface area contributed by atoms with Gasteiger partial charge in [0.1, 0.15) is 6.10 Å². The second kappa shape index (κ2) is 11.5. The molecule has 1 aromatic carbocycles. The van der Waals surface area contributed by atoms with E-state index in [1.807, 2.05) is 0 Å². The van der Waals surface area contributed by atoms with Gasteiger partial charge in [0, 0.05) is 11.5 Å². The molecule has 0 heterocycles. The number of phenolic OH excluding ortho intramolecular Hbond substituents is 2. The van der Waals surface area contributed by atoms with Crippen LogP contribution >= 0.6 is 0 Å². The molecule has 0 aromatic heterocycles. The Labute approximate surface area is 266 Å². The number of fused-ring (bicyclic) bond motifs is 5. The molecule has 3 N–H and O–H groups in total. The monoisotopic (exact) mass is 606 g/mol. The summed E-state index contributed by atoms with van der Waals surface area (Å²) in [5, 5.41) is 31.1. The minimum Gasteiger partial charge on any atom is -0.504 e. The van der Waals surface area contributed by atoms with Crippen molar-refractivity contribution in [2.45, 2.75) is 131 Å². The van der Waals surface area contributed by atoms with E-state index < -0.39 is 5.60 Å². The predicted molar refractivity (Wildman–Crippen MR) is 177 cm³/mol. The summed E-state index contributed by atoms with van der Waals surface area (Å²) in [7, 11) is 0. The highest BCUT2D eigenvalue weighted by Gasteiger charge is 2.69. The lowest BCUT2D eigenvalue weighted by atomic mass is 9.35. The molecule has 44 heavy (non-hydrogen) atoms. The first-order valence-electron chi connectivity index (χ1n) is 17.2. The van der Waals surface area contributed by atoms with Crippen molar-refractivity contribution in [3.8, 4) is 11.5 Å². The third kappa shape index (κ3) is 5.43. The lowest BCUT2D eigenvalue weighted by Gasteiger charge is -2.70. The SMILES string of the molecule is CC(C)=CCC[C@](C)(O)C1CC[C@]2(C)[C@@H]1CC[C@@H]1[C@@]3(C)CC[C@H](OC(=O)C=Cc4ccc(O)c(O)c4)C(C)(C)C3CC[C@]12C. The van der Waals surface area contributed by atoms with Gasteiger partial charge < -0.3 is 20.1 Å². The van der Waals surface area contributed by atoms with Gasteiger partial charge in [0.05, 0.1) is 5.60 Å². The molecular formula is C39H58O5. The predicted octanol–water partition coefficient (Wildman–Crippen LogP) is 9.21. The third-order valence-electron chi connectivity index (χ3n) is 14.0. The van der Waals surface area contributed by atoms with Crippen molar-refractivity contribution in [2.24, 2.45) is 45.3 Å². The number of hydrogen-bond acceptors (Lipinski definition) is 5. The van der Waals surface area contributed by atoms with Crippen molar-refractivity contribution in [1.29, 1.82) is 0 Å². The topological polar surface area (TPSA) is 87.0 Å². The maximum atomic E-state index is 13.0. The molecule has 0 bridgehead atoms. The first-order chi connectivity index (χ1) is 20.5. The number of allylic oxidation sites excluding steroid dienone is 2. The van der Waals surface area contributed by atoms with E-state index in [1.165, 1.54) is 49.5 Å². The van der Waals surface area contributed by atoms with E-state index in [9.17, 15) is 20.1 Å². The highest BCUT2D eigenvalue weighted by molar-refractivity contribution is 5.87. The van der Waals surface area contributed by atoms with Gasteiger partial charge in [0.25, 0.3) is 0 Å². The first kappa shape index (κ1) is 33.1. The van der Waals surface area contributed by atoms with Gasteiger partial charge in [-0.05, 0) is 149 Å². The van der Waals surface area contributed by atoms with Crippen molar-refractivity contribution in [1.82, 2.24) is 0 Å². The quantitative estimate of drug-likeness (QED) is 0.125. The van der Waals surface area contributed by atoms with Crippen LogP contribution in [0.25, 0.3) is 6.08 Å². The molecule has 5 heteroatoms. The summed E-state index contributed by atoms with van der Waals surface area (Å²) in [6, 6.07) is 4.50. The van der Waals surface area contributed by atoms with E-state index in [0.29, 0.717) is 29.2 Å². The Hall–Kier alpha value is -2.27. The summed E-state index contributed by atoms with van der Waals surface area (Å²) in [4.78, 5) is 13.0. The molecule has 2 unspecified atom stereocenters. The van der Waals surface area contributed by atoms with Crippen LogP contribution < -0.4 is 0 Å². The molecule has 4 aliphatic carbocycles. The Bertz CT molecular complexity index is 1300. The zero-order valence-electron chi connectivity index (χ0n) is 28.6. The van der Waals surface area contributed by atoms with E-state index in [2.05, 4.69) is 61.5 Å². The smallest absolute Gasteiger partial charge is 0.331 e. The van der Waals surface area contributed by atoms with Crippen LogP contribution in [0.4, 0.5) is 0 Å². The number of aliphatic hydroxyl groups is 1. The van der Waals surface area contributed by atoms with E-state index in [4.69, 9.17) is 4.74 Å². The summed E-state index contributed by atoms with van der Waals surface area (Å²) in [6.45, 7) is 18.8. The molecule has 0 amide bonds. The molecule has 5 nitrogen and oxygen atoms in total. The van der Waals surface area contributed by atoms with Crippen LogP contribution in [0, 0.1) is 45.3 Å². The highest BCUT2D eigenvalue weighted by atomic mass is 16.5. The van der Waals surface area contributed by atoms with Crippen molar-refractivity contribution in [3.05, 3.63) is 41.5 Å². The molecule has 0 radical (unpaired) electrons. The summed E-state index contributed by atoms with van der Waals surface area (Å²) in [6.07, 6.45) is 16.0. The van der Waals surface area contributed by atoms with E-state index in [0.717, 1.165) is 38.5 Å². The van der Waals surface area contributed by atoms with Crippen LogP contribution in [-0.4, -0.2) is 33.0 Å². The minimum atomic E-state index is -0.625. The van der Waals surface area contributed by atoms with Crippen LogP contribution in [0.5, 0.6) is 11.5 Å². The Morgan fingerprint density at radius 2 is 1.64 bits per heavy atom. The Kier molecular flexibility index (Phi) is 8.66.